The third-order valence-corrected chi connectivity index (χ3v) is 4.22. The Hall–Kier alpha value is -2.36. The first-order chi connectivity index (χ1) is 12.4. The minimum Gasteiger partial charge on any atom is -0.461 e. The Labute approximate surface area is 155 Å². The topological polar surface area (TPSA) is 55.4 Å². The summed E-state index contributed by atoms with van der Waals surface area (Å²) in [5, 5.41) is 5.09. The molecule has 2 rings (SSSR count). The van der Waals surface area contributed by atoms with Gasteiger partial charge in [0.15, 0.2) is 0 Å². The Morgan fingerprint density at radius 2 is 1.69 bits per heavy atom. The van der Waals surface area contributed by atoms with Crippen molar-refractivity contribution in [2.45, 2.75) is 59.1 Å². The zero-order valence-corrected chi connectivity index (χ0v) is 16.1. The number of esters is 1. The molecular formula is C22H29NO3. The molecule has 0 aliphatic carbocycles. The molecule has 0 heterocycles. The molecule has 26 heavy (non-hydrogen) atoms. The zero-order valence-electron chi connectivity index (χ0n) is 16.1. The van der Waals surface area contributed by atoms with Gasteiger partial charge in [-0.25, -0.2) is 4.79 Å². The van der Waals surface area contributed by atoms with Crippen LogP contribution in [0.5, 0.6) is 0 Å². The van der Waals surface area contributed by atoms with E-state index in [-0.39, 0.29) is 18.0 Å². The third kappa shape index (κ3) is 5.87. The molecule has 0 bridgehead atoms. The van der Waals surface area contributed by atoms with Gasteiger partial charge in [0.05, 0.1) is 6.10 Å². The van der Waals surface area contributed by atoms with Gasteiger partial charge in [-0.2, -0.15) is 0 Å². The number of hydrogen-bond acceptors (Lipinski definition) is 3. The molecule has 2 aromatic carbocycles. The molecule has 1 amide bonds. The molecule has 4 nitrogen and oxygen atoms in total. The van der Waals surface area contributed by atoms with Gasteiger partial charge in [0.1, 0.15) is 6.04 Å². The van der Waals surface area contributed by atoms with Gasteiger partial charge in [-0.1, -0.05) is 56.3 Å². The average Bonchev–Trinajstić information content (AvgIpc) is 2.59. The molecule has 2 aromatic rings. The smallest absolute Gasteiger partial charge is 0.329 e. The van der Waals surface area contributed by atoms with Gasteiger partial charge < -0.3 is 10.1 Å². The van der Waals surface area contributed by atoms with Crippen LogP contribution in [0.2, 0.25) is 0 Å². The fourth-order valence-corrected chi connectivity index (χ4v) is 2.88. The van der Waals surface area contributed by atoms with Crippen molar-refractivity contribution >= 4 is 22.6 Å². The van der Waals surface area contributed by atoms with Crippen molar-refractivity contribution in [2.75, 3.05) is 0 Å². The van der Waals surface area contributed by atoms with E-state index in [1.165, 1.54) is 0 Å². The van der Waals surface area contributed by atoms with Crippen molar-refractivity contribution in [3.63, 3.8) is 0 Å². The molecule has 0 fully saturated rings. The van der Waals surface area contributed by atoms with Crippen LogP contribution in [0.25, 0.3) is 10.8 Å². The first kappa shape index (κ1) is 20.0. The van der Waals surface area contributed by atoms with Gasteiger partial charge >= 0.3 is 5.97 Å². The monoisotopic (exact) mass is 355 g/mol. The average molecular weight is 355 g/mol. The predicted octanol–water partition coefficient (Wildman–Crippen LogP) is 4.25. The number of nitrogens with one attached hydrogen (secondary N) is 1. The van der Waals surface area contributed by atoms with Gasteiger partial charge in [0.25, 0.3) is 0 Å². The molecule has 0 spiro atoms. The fourth-order valence-electron chi connectivity index (χ4n) is 2.88. The highest BCUT2D eigenvalue weighted by Gasteiger charge is 2.24. The predicted molar refractivity (Wildman–Crippen MR) is 105 cm³/mol. The number of amides is 1. The van der Waals surface area contributed by atoms with Crippen LogP contribution in [0.1, 0.15) is 46.1 Å². The Kier molecular flexibility index (Phi) is 7.19. The lowest BCUT2D eigenvalue weighted by Crippen LogP contribution is -2.44. The van der Waals surface area contributed by atoms with Gasteiger partial charge in [-0.15, -0.1) is 0 Å². The zero-order chi connectivity index (χ0) is 19.1. The quantitative estimate of drug-likeness (QED) is 0.720. The molecule has 1 atom stereocenters. The van der Waals surface area contributed by atoms with Crippen LogP contribution in [-0.2, 0) is 20.7 Å². The van der Waals surface area contributed by atoms with Crippen molar-refractivity contribution in [3.8, 4) is 0 Å². The lowest BCUT2D eigenvalue weighted by atomic mass is 9.98. The molecule has 140 valence electrons. The molecule has 0 saturated carbocycles. The Morgan fingerprint density at radius 1 is 1.00 bits per heavy atom. The first-order valence-electron chi connectivity index (χ1n) is 9.33. The van der Waals surface area contributed by atoms with Crippen molar-refractivity contribution in [1.29, 1.82) is 0 Å². The highest BCUT2D eigenvalue weighted by Crippen LogP contribution is 2.20. The van der Waals surface area contributed by atoms with Crippen LogP contribution in [-0.4, -0.2) is 24.0 Å². The Bertz CT molecular complexity index is 747. The molecule has 0 aromatic heterocycles. The maximum Gasteiger partial charge on any atom is 0.329 e. The molecule has 0 saturated heterocycles. The number of rotatable bonds is 8. The number of hydrogen-bond donors (Lipinski definition) is 1. The molecule has 4 heteroatoms. The second-order valence-electron chi connectivity index (χ2n) is 7.38. The van der Waals surface area contributed by atoms with Gasteiger partial charge in [-0.3, -0.25) is 4.79 Å². The van der Waals surface area contributed by atoms with Gasteiger partial charge in [0, 0.05) is 12.8 Å². The standard InChI is InChI=1S/C22H29NO3/c1-15(2)12-13-21(24)23-20(22(25)26-16(3)4)14-18-10-7-9-17-8-5-6-11-19(17)18/h5-11,15-16,20H,12-14H2,1-4H3,(H,23,24). The van der Waals surface area contributed by atoms with Crippen LogP contribution < -0.4 is 5.32 Å². The van der Waals surface area contributed by atoms with Gasteiger partial charge in [0.2, 0.25) is 5.91 Å². The van der Waals surface area contributed by atoms with E-state index in [0.29, 0.717) is 18.8 Å². The summed E-state index contributed by atoms with van der Waals surface area (Å²) in [6.45, 7) is 7.78. The van der Waals surface area contributed by atoms with Crippen LogP contribution >= 0.6 is 0 Å². The number of benzene rings is 2. The highest BCUT2D eigenvalue weighted by atomic mass is 16.5. The molecule has 1 unspecified atom stereocenters. The summed E-state index contributed by atoms with van der Waals surface area (Å²) in [6, 6.07) is 13.4. The molecule has 1 N–H and O–H groups in total. The molecule has 0 aliphatic heterocycles. The van der Waals surface area contributed by atoms with Crippen molar-refractivity contribution in [1.82, 2.24) is 5.32 Å². The van der Waals surface area contributed by atoms with Crippen molar-refractivity contribution in [2.24, 2.45) is 5.92 Å². The van der Waals surface area contributed by atoms with E-state index in [9.17, 15) is 9.59 Å². The molecule has 0 aliphatic rings. The van der Waals surface area contributed by atoms with Crippen molar-refractivity contribution < 1.29 is 14.3 Å². The van der Waals surface area contributed by atoms with E-state index >= 15 is 0 Å². The van der Waals surface area contributed by atoms with E-state index in [1.54, 1.807) is 0 Å². The summed E-state index contributed by atoms with van der Waals surface area (Å²) in [5.41, 5.74) is 1.03. The summed E-state index contributed by atoms with van der Waals surface area (Å²) < 4.78 is 5.37. The van der Waals surface area contributed by atoms with E-state index in [4.69, 9.17) is 4.74 Å². The molecular weight excluding hydrogens is 326 g/mol. The van der Waals surface area contributed by atoms with E-state index in [0.717, 1.165) is 22.8 Å². The maximum absolute atomic E-state index is 12.5. The summed E-state index contributed by atoms with van der Waals surface area (Å²) in [6.07, 6.45) is 1.41. The van der Waals surface area contributed by atoms with Crippen LogP contribution in [0.4, 0.5) is 0 Å². The Balaban J connectivity index is 2.19. The van der Waals surface area contributed by atoms with Crippen LogP contribution in [0.15, 0.2) is 42.5 Å². The van der Waals surface area contributed by atoms with Gasteiger partial charge in [-0.05, 0) is 42.5 Å². The van der Waals surface area contributed by atoms with E-state index in [1.807, 2.05) is 56.3 Å². The SMILES string of the molecule is CC(C)CCC(=O)NC(Cc1cccc2ccccc12)C(=O)OC(C)C. The highest BCUT2D eigenvalue weighted by molar-refractivity contribution is 5.88. The summed E-state index contributed by atoms with van der Waals surface area (Å²) >= 11 is 0. The maximum atomic E-state index is 12.5. The minimum atomic E-state index is -0.678. The normalized spacial score (nSPS) is 12.4. The second kappa shape index (κ2) is 9.37. The van der Waals surface area contributed by atoms with E-state index < -0.39 is 6.04 Å². The largest absolute Gasteiger partial charge is 0.461 e. The summed E-state index contributed by atoms with van der Waals surface area (Å²) in [5.74, 6) is -0.0460. The lowest BCUT2D eigenvalue weighted by molar-refractivity contribution is -0.151. The van der Waals surface area contributed by atoms with Crippen LogP contribution in [0, 0.1) is 5.92 Å². The molecule has 0 radical (unpaired) electrons. The first-order valence-corrected chi connectivity index (χ1v) is 9.33. The summed E-state index contributed by atoms with van der Waals surface area (Å²) in [4.78, 5) is 24.8. The van der Waals surface area contributed by atoms with Crippen LogP contribution in [0.3, 0.4) is 0 Å². The van der Waals surface area contributed by atoms with Crippen molar-refractivity contribution in [3.05, 3.63) is 48.0 Å². The number of fused-ring (bicyclic) bond motifs is 1. The number of carbonyl (C=O) groups excluding carboxylic acids is 2. The second-order valence-corrected chi connectivity index (χ2v) is 7.38. The number of carbonyl (C=O) groups is 2. The Morgan fingerprint density at radius 3 is 2.38 bits per heavy atom. The number of ether oxygens (including phenoxy) is 1. The minimum absolute atomic E-state index is 0.107. The van der Waals surface area contributed by atoms with E-state index in [2.05, 4.69) is 19.2 Å². The fraction of sp³-hybridized carbons (Fsp3) is 0.455. The third-order valence-electron chi connectivity index (χ3n) is 4.22. The lowest BCUT2D eigenvalue weighted by Gasteiger charge is -2.20. The summed E-state index contributed by atoms with van der Waals surface area (Å²) in [7, 11) is 0.